The highest BCUT2D eigenvalue weighted by molar-refractivity contribution is 5.39. The Balaban J connectivity index is 2.15. The molecule has 0 bridgehead atoms. The maximum Gasteiger partial charge on any atom is 0.198 e. The van der Waals surface area contributed by atoms with E-state index in [4.69, 9.17) is 10.2 Å². The number of nitrogens with zero attached hydrogens (tertiary/aromatic N) is 1. The summed E-state index contributed by atoms with van der Waals surface area (Å²) in [5.74, 6) is 1.59. The normalized spacial score (nSPS) is 10.4. The summed E-state index contributed by atoms with van der Waals surface area (Å²) in [5.41, 5.74) is 7.51. The number of hydrogen-bond acceptors (Lipinski definition) is 3. The SMILES string of the molecule is Cc1cnc(Cc2ccc(N)cc2)o1. The van der Waals surface area contributed by atoms with Gasteiger partial charge < -0.3 is 10.2 Å². The number of rotatable bonds is 2. The van der Waals surface area contributed by atoms with E-state index >= 15 is 0 Å². The molecule has 1 heterocycles. The summed E-state index contributed by atoms with van der Waals surface area (Å²) in [7, 11) is 0. The van der Waals surface area contributed by atoms with E-state index in [0.717, 1.165) is 22.9 Å². The lowest BCUT2D eigenvalue weighted by molar-refractivity contribution is 0.481. The molecule has 2 N–H and O–H groups in total. The predicted octanol–water partition coefficient (Wildman–Crippen LogP) is 2.16. The topological polar surface area (TPSA) is 52.0 Å². The van der Waals surface area contributed by atoms with Crippen molar-refractivity contribution in [2.75, 3.05) is 5.73 Å². The fourth-order valence-corrected chi connectivity index (χ4v) is 1.29. The summed E-state index contributed by atoms with van der Waals surface area (Å²) in [5, 5.41) is 0. The van der Waals surface area contributed by atoms with Crippen molar-refractivity contribution < 1.29 is 4.42 Å². The van der Waals surface area contributed by atoms with Crippen LogP contribution in [0.1, 0.15) is 17.2 Å². The van der Waals surface area contributed by atoms with Crippen LogP contribution in [0, 0.1) is 6.92 Å². The molecule has 2 rings (SSSR count). The molecular weight excluding hydrogens is 176 g/mol. The van der Waals surface area contributed by atoms with E-state index in [2.05, 4.69) is 4.98 Å². The molecule has 0 radical (unpaired) electrons. The van der Waals surface area contributed by atoms with Gasteiger partial charge in [-0.25, -0.2) is 4.98 Å². The number of benzene rings is 1. The summed E-state index contributed by atoms with van der Waals surface area (Å²) in [4.78, 5) is 4.14. The van der Waals surface area contributed by atoms with Crippen molar-refractivity contribution in [2.45, 2.75) is 13.3 Å². The van der Waals surface area contributed by atoms with Crippen molar-refractivity contribution in [2.24, 2.45) is 0 Å². The summed E-state index contributed by atoms with van der Waals surface area (Å²) in [6, 6.07) is 7.72. The first-order valence-corrected chi connectivity index (χ1v) is 4.50. The Morgan fingerprint density at radius 3 is 2.57 bits per heavy atom. The van der Waals surface area contributed by atoms with Crippen LogP contribution >= 0.6 is 0 Å². The van der Waals surface area contributed by atoms with Gasteiger partial charge in [-0.2, -0.15) is 0 Å². The van der Waals surface area contributed by atoms with Crippen LogP contribution in [0.3, 0.4) is 0 Å². The average molecular weight is 188 g/mol. The highest BCUT2D eigenvalue weighted by Crippen LogP contribution is 2.11. The molecule has 0 saturated heterocycles. The minimum absolute atomic E-state index is 0.716. The predicted molar refractivity (Wildman–Crippen MR) is 54.9 cm³/mol. The van der Waals surface area contributed by atoms with E-state index < -0.39 is 0 Å². The summed E-state index contributed by atoms with van der Waals surface area (Å²) < 4.78 is 5.38. The lowest BCUT2D eigenvalue weighted by atomic mass is 10.1. The third-order valence-corrected chi connectivity index (χ3v) is 2.00. The lowest BCUT2D eigenvalue weighted by Crippen LogP contribution is -1.89. The van der Waals surface area contributed by atoms with Crippen LogP contribution in [-0.4, -0.2) is 4.98 Å². The molecule has 0 unspecified atom stereocenters. The number of aromatic nitrogens is 1. The average Bonchev–Trinajstić information content (AvgIpc) is 2.56. The first-order valence-electron chi connectivity index (χ1n) is 4.50. The number of hydrogen-bond donors (Lipinski definition) is 1. The summed E-state index contributed by atoms with van der Waals surface area (Å²) in [6.45, 7) is 1.89. The van der Waals surface area contributed by atoms with Crippen molar-refractivity contribution in [3.8, 4) is 0 Å². The molecule has 0 amide bonds. The van der Waals surface area contributed by atoms with E-state index in [1.54, 1.807) is 6.20 Å². The van der Waals surface area contributed by atoms with Crippen molar-refractivity contribution in [1.29, 1.82) is 0 Å². The highest BCUT2D eigenvalue weighted by atomic mass is 16.3. The van der Waals surface area contributed by atoms with Gasteiger partial charge in [0, 0.05) is 12.1 Å². The largest absolute Gasteiger partial charge is 0.446 e. The van der Waals surface area contributed by atoms with Crippen LogP contribution < -0.4 is 5.73 Å². The summed E-state index contributed by atoms with van der Waals surface area (Å²) >= 11 is 0. The number of nitrogen functional groups attached to an aromatic ring is 1. The third kappa shape index (κ3) is 1.93. The molecule has 0 aliphatic rings. The standard InChI is InChI=1S/C11H12N2O/c1-8-7-13-11(14-8)6-9-2-4-10(12)5-3-9/h2-5,7H,6,12H2,1H3. The molecule has 72 valence electrons. The monoisotopic (exact) mass is 188 g/mol. The van der Waals surface area contributed by atoms with E-state index in [-0.39, 0.29) is 0 Å². The molecule has 0 aliphatic heterocycles. The van der Waals surface area contributed by atoms with Gasteiger partial charge in [-0.15, -0.1) is 0 Å². The van der Waals surface area contributed by atoms with Gasteiger partial charge in [-0.05, 0) is 24.6 Å². The Morgan fingerprint density at radius 1 is 1.29 bits per heavy atom. The minimum Gasteiger partial charge on any atom is -0.446 e. The third-order valence-electron chi connectivity index (χ3n) is 2.00. The number of oxazole rings is 1. The molecule has 2 aromatic rings. The zero-order chi connectivity index (χ0) is 9.97. The maximum atomic E-state index is 5.59. The van der Waals surface area contributed by atoms with E-state index in [9.17, 15) is 0 Å². The zero-order valence-electron chi connectivity index (χ0n) is 8.03. The molecule has 0 spiro atoms. The van der Waals surface area contributed by atoms with Gasteiger partial charge >= 0.3 is 0 Å². The number of anilines is 1. The van der Waals surface area contributed by atoms with Crippen LogP contribution in [0.25, 0.3) is 0 Å². The molecule has 0 atom stereocenters. The Morgan fingerprint density at radius 2 is 2.00 bits per heavy atom. The van der Waals surface area contributed by atoms with Crippen LogP contribution in [0.4, 0.5) is 5.69 Å². The van der Waals surface area contributed by atoms with Gasteiger partial charge in [0.25, 0.3) is 0 Å². The second-order valence-electron chi connectivity index (χ2n) is 3.28. The lowest BCUT2D eigenvalue weighted by Gasteiger charge is -1.97. The van der Waals surface area contributed by atoms with Crippen molar-refractivity contribution >= 4 is 5.69 Å². The Kier molecular flexibility index (Phi) is 2.23. The second kappa shape index (κ2) is 3.54. The Labute approximate surface area is 82.6 Å². The van der Waals surface area contributed by atoms with E-state index in [1.165, 1.54) is 0 Å². The molecule has 1 aromatic carbocycles. The van der Waals surface area contributed by atoms with Crippen molar-refractivity contribution in [1.82, 2.24) is 4.98 Å². The molecule has 3 nitrogen and oxygen atoms in total. The Bertz CT molecular complexity index is 417. The van der Waals surface area contributed by atoms with Crippen LogP contribution in [0.15, 0.2) is 34.9 Å². The molecule has 0 aliphatic carbocycles. The van der Waals surface area contributed by atoms with Crippen LogP contribution in [0.2, 0.25) is 0 Å². The molecule has 0 fully saturated rings. The first kappa shape index (κ1) is 8.81. The molecule has 14 heavy (non-hydrogen) atoms. The molecule has 3 heteroatoms. The fourth-order valence-electron chi connectivity index (χ4n) is 1.29. The van der Waals surface area contributed by atoms with Crippen molar-refractivity contribution in [3.63, 3.8) is 0 Å². The van der Waals surface area contributed by atoms with Gasteiger partial charge in [0.05, 0.1) is 6.20 Å². The first-order chi connectivity index (χ1) is 6.74. The van der Waals surface area contributed by atoms with Crippen LogP contribution in [0.5, 0.6) is 0 Å². The highest BCUT2D eigenvalue weighted by Gasteiger charge is 2.01. The maximum absolute atomic E-state index is 5.59. The van der Waals surface area contributed by atoms with Crippen LogP contribution in [-0.2, 0) is 6.42 Å². The molecule has 0 saturated carbocycles. The van der Waals surface area contributed by atoms with E-state index in [1.807, 2.05) is 31.2 Å². The van der Waals surface area contributed by atoms with Crippen molar-refractivity contribution in [3.05, 3.63) is 47.7 Å². The Hall–Kier alpha value is -1.77. The minimum atomic E-state index is 0.716. The smallest absolute Gasteiger partial charge is 0.198 e. The van der Waals surface area contributed by atoms with Gasteiger partial charge in [0.15, 0.2) is 5.89 Å². The molecular formula is C11H12N2O. The second-order valence-corrected chi connectivity index (χ2v) is 3.28. The molecule has 1 aromatic heterocycles. The fraction of sp³-hybridized carbons (Fsp3) is 0.182. The summed E-state index contributed by atoms with van der Waals surface area (Å²) in [6.07, 6.45) is 2.45. The number of aryl methyl sites for hydroxylation is 1. The van der Waals surface area contributed by atoms with Gasteiger partial charge in [0.2, 0.25) is 0 Å². The zero-order valence-corrected chi connectivity index (χ0v) is 8.03. The number of nitrogens with two attached hydrogens (primary N) is 1. The van der Waals surface area contributed by atoms with Gasteiger partial charge in [-0.1, -0.05) is 12.1 Å². The van der Waals surface area contributed by atoms with E-state index in [0.29, 0.717) is 6.42 Å². The van der Waals surface area contributed by atoms with Gasteiger partial charge in [0.1, 0.15) is 5.76 Å². The quantitative estimate of drug-likeness (QED) is 0.735. The van der Waals surface area contributed by atoms with Gasteiger partial charge in [-0.3, -0.25) is 0 Å².